The van der Waals surface area contributed by atoms with E-state index >= 15 is 0 Å². The van der Waals surface area contributed by atoms with Crippen molar-refractivity contribution in [2.75, 3.05) is 5.32 Å². The smallest absolute Gasteiger partial charge is 0.261 e. The lowest BCUT2D eigenvalue weighted by atomic mass is 10.1. The van der Waals surface area contributed by atoms with E-state index in [0.29, 0.717) is 11.4 Å². The molecule has 6 nitrogen and oxygen atoms in total. The molecule has 2 aromatic heterocycles. The minimum absolute atomic E-state index is 0.244. The Morgan fingerprint density at radius 1 is 1.14 bits per heavy atom. The molecule has 110 valence electrons. The molecule has 1 amide bonds. The maximum absolute atomic E-state index is 13.6. The minimum Gasteiger partial charge on any atom is -0.319 e. The van der Waals surface area contributed by atoms with E-state index in [2.05, 4.69) is 25.5 Å². The van der Waals surface area contributed by atoms with Gasteiger partial charge in [0.15, 0.2) is 0 Å². The first-order chi connectivity index (χ1) is 10.7. The van der Waals surface area contributed by atoms with E-state index < -0.39 is 23.1 Å². The number of nitrogens with one attached hydrogen (secondary N) is 2. The highest BCUT2D eigenvalue weighted by Gasteiger charge is 2.19. The monoisotopic (exact) mass is 301 g/mol. The number of rotatable bonds is 3. The number of aromatic nitrogens is 4. The third-order valence-electron chi connectivity index (χ3n) is 2.90. The molecule has 0 saturated heterocycles. The fraction of sp³-hybridized carbons (Fsp3) is 0. The Morgan fingerprint density at radius 3 is 2.59 bits per heavy atom. The van der Waals surface area contributed by atoms with Gasteiger partial charge in [0.25, 0.3) is 5.91 Å². The summed E-state index contributed by atoms with van der Waals surface area (Å²) in [5.74, 6) is -2.80. The van der Waals surface area contributed by atoms with E-state index in [-0.39, 0.29) is 5.69 Å². The summed E-state index contributed by atoms with van der Waals surface area (Å²) in [5.41, 5.74) is 0.407. The second-order valence-corrected chi connectivity index (χ2v) is 4.30. The van der Waals surface area contributed by atoms with Gasteiger partial charge in [-0.2, -0.15) is 5.10 Å². The van der Waals surface area contributed by atoms with Crippen LogP contribution in [0.3, 0.4) is 0 Å². The summed E-state index contributed by atoms with van der Waals surface area (Å²) in [4.78, 5) is 20.0. The molecular weight excluding hydrogens is 292 g/mol. The summed E-state index contributed by atoms with van der Waals surface area (Å²) >= 11 is 0. The Kier molecular flexibility index (Phi) is 3.57. The highest BCUT2D eigenvalue weighted by molar-refractivity contribution is 6.06. The predicted octanol–water partition coefficient (Wildman–Crippen LogP) is 2.40. The van der Waals surface area contributed by atoms with Crippen LogP contribution in [0.25, 0.3) is 11.4 Å². The van der Waals surface area contributed by atoms with Gasteiger partial charge >= 0.3 is 0 Å². The minimum atomic E-state index is -0.943. The highest BCUT2D eigenvalue weighted by Crippen LogP contribution is 2.23. The average molecular weight is 301 g/mol. The zero-order valence-corrected chi connectivity index (χ0v) is 11.0. The number of hydrogen-bond acceptors (Lipinski definition) is 4. The summed E-state index contributed by atoms with van der Waals surface area (Å²) in [7, 11) is 0. The first-order valence-electron chi connectivity index (χ1n) is 6.22. The molecule has 3 aromatic rings. The van der Waals surface area contributed by atoms with Crippen LogP contribution in [0.2, 0.25) is 0 Å². The van der Waals surface area contributed by atoms with Crippen LogP contribution in [0.15, 0.2) is 43.0 Å². The second-order valence-electron chi connectivity index (χ2n) is 4.30. The summed E-state index contributed by atoms with van der Waals surface area (Å²) in [6.45, 7) is 0. The first-order valence-corrected chi connectivity index (χ1v) is 6.22. The molecule has 22 heavy (non-hydrogen) atoms. The van der Waals surface area contributed by atoms with Crippen molar-refractivity contribution in [1.82, 2.24) is 20.2 Å². The van der Waals surface area contributed by atoms with E-state index in [1.807, 2.05) is 0 Å². The lowest BCUT2D eigenvalue weighted by Crippen LogP contribution is -2.16. The molecule has 0 aliphatic heterocycles. The van der Waals surface area contributed by atoms with Gasteiger partial charge in [0.05, 0.1) is 18.1 Å². The molecule has 0 unspecified atom stereocenters. The molecule has 0 aliphatic carbocycles. The number of halogens is 2. The van der Waals surface area contributed by atoms with Gasteiger partial charge in [-0.3, -0.25) is 19.9 Å². The molecule has 0 bridgehead atoms. The number of nitrogens with zero attached hydrogens (tertiary/aromatic N) is 3. The predicted molar refractivity (Wildman–Crippen MR) is 73.9 cm³/mol. The zero-order valence-electron chi connectivity index (χ0n) is 11.0. The third-order valence-corrected chi connectivity index (χ3v) is 2.90. The molecule has 2 N–H and O–H groups in total. The van der Waals surface area contributed by atoms with Crippen molar-refractivity contribution in [1.29, 1.82) is 0 Å². The van der Waals surface area contributed by atoms with Gasteiger partial charge in [-0.25, -0.2) is 8.78 Å². The number of amides is 1. The zero-order chi connectivity index (χ0) is 15.5. The molecule has 0 aliphatic rings. The van der Waals surface area contributed by atoms with Gasteiger partial charge in [-0.15, -0.1) is 0 Å². The van der Waals surface area contributed by atoms with Crippen LogP contribution < -0.4 is 5.32 Å². The number of anilines is 1. The first kappa shape index (κ1) is 13.8. The van der Waals surface area contributed by atoms with Crippen molar-refractivity contribution in [2.45, 2.75) is 0 Å². The van der Waals surface area contributed by atoms with E-state index in [1.54, 1.807) is 0 Å². The number of benzene rings is 1. The molecule has 0 radical (unpaired) electrons. The van der Waals surface area contributed by atoms with Gasteiger partial charge in [-0.1, -0.05) is 6.07 Å². The van der Waals surface area contributed by atoms with Crippen molar-refractivity contribution in [2.24, 2.45) is 0 Å². The topological polar surface area (TPSA) is 83.6 Å². The van der Waals surface area contributed by atoms with Crippen LogP contribution in [0.4, 0.5) is 14.5 Å². The second kappa shape index (κ2) is 5.68. The largest absolute Gasteiger partial charge is 0.319 e. The number of carbonyl (C=O) groups is 1. The Balaban J connectivity index is 1.92. The van der Waals surface area contributed by atoms with Crippen LogP contribution in [0, 0.1) is 11.6 Å². The van der Waals surface area contributed by atoms with Crippen molar-refractivity contribution in [3.8, 4) is 11.4 Å². The number of aromatic amines is 1. The van der Waals surface area contributed by atoms with Crippen LogP contribution in [-0.4, -0.2) is 26.1 Å². The van der Waals surface area contributed by atoms with Crippen LogP contribution >= 0.6 is 0 Å². The fourth-order valence-electron chi connectivity index (χ4n) is 1.90. The maximum Gasteiger partial charge on any atom is 0.261 e. The summed E-state index contributed by atoms with van der Waals surface area (Å²) in [5, 5.41) is 8.85. The summed E-state index contributed by atoms with van der Waals surface area (Å²) in [6.07, 6.45) is 5.75. The van der Waals surface area contributed by atoms with Gasteiger partial charge in [0.2, 0.25) is 0 Å². The Bertz CT molecular complexity index is 799. The van der Waals surface area contributed by atoms with Gasteiger partial charge in [-0.05, 0) is 12.1 Å². The molecule has 0 spiro atoms. The Hall–Kier alpha value is -3.16. The standard InChI is InChI=1S/C14H9F2N5O/c15-8-2-1-3-9(16)12(8)14(22)20-11-7-19-21-13(11)10-6-17-4-5-18-10/h1-7H,(H,19,21)(H,20,22). The van der Waals surface area contributed by atoms with E-state index in [0.717, 1.165) is 12.1 Å². The molecule has 1 aromatic carbocycles. The van der Waals surface area contributed by atoms with Crippen molar-refractivity contribution < 1.29 is 13.6 Å². The molecular formula is C14H9F2N5O. The summed E-state index contributed by atoms with van der Waals surface area (Å²) < 4.78 is 27.2. The quantitative estimate of drug-likeness (QED) is 0.778. The molecule has 3 rings (SSSR count). The highest BCUT2D eigenvalue weighted by atomic mass is 19.1. The third kappa shape index (κ3) is 2.53. The van der Waals surface area contributed by atoms with Crippen LogP contribution in [0.1, 0.15) is 10.4 Å². The fourth-order valence-corrected chi connectivity index (χ4v) is 1.90. The summed E-state index contributed by atoms with van der Waals surface area (Å²) in [6, 6.07) is 3.21. The van der Waals surface area contributed by atoms with Crippen molar-refractivity contribution >= 4 is 11.6 Å². The average Bonchev–Trinajstić information content (AvgIpc) is 2.96. The van der Waals surface area contributed by atoms with Crippen LogP contribution in [0.5, 0.6) is 0 Å². The maximum atomic E-state index is 13.6. The Morgan fingerprint density at radius 2 is 1.91 bits per heavy atom. The van der Waals surface area contributed by atoms with Crippen molar-refractivity contribution in [3.63, 3.8) is 0 Å². The number of hydrogen-bond donors (Lipinski definition) is 2. The van der Waals surface area contributed by atoms with E-state index in [4.69, 9.17) is 0 Å². The number of carbonyl (C=O) groups excluding carboxylic acids is 1. The molecule has 8 heteroatoms. The SMILES string of the molecule is O=C(Nc1cn[nH]c1-c1cnccn1)c1c(F)cccc1F. The molecule has 0 fully saturated rings. The number of H-pyrrole nitrogens is 1. The lowest BCUT2D eigenvalue weighted by Gasteiger charge is -2.07. The van der Waals surface area contributed by atoms with Crippen LogP contribution in [-0.2, 0) is 0 Å². The molecule has 2 heterocycles. The van der Waals surface area contributed by atoms with Gasteiger partial charge in [0.1, 0.15) is 28.6 Å². The normalized spacial score (nSPS) is 10.5. The van der Waals surface area contributed by atoms with Gasteiger partial charge in [0, 0.05) is 12.4 Å². The molecule has 0 atom stereocenters. The van der Waals surface area contributed by atoms with Gasteiger partial charge < -0.3 is 5.32 Å². The lowest BCUT2D eigenvalue weighted by molar-refractivity contribution is 0.101. The molecule has 0 saturated carbocycles. The van der Waals surface area contributed by atoms with E-state index in [9.17, 15) is 13.6 Å². The Labute approximate surface area is 123 Å². The van der Waals surface area contributed by atoms with E-state index in [1.165, 1.54) is 30.9 Å². The van der Waals surface area contributed by atoms with Crippen molar-refractivity contribution in [3.05, 3.63) is 60.2 Å².